The van der Waals surface area contributed by atoms with E-state index in [0.717, 1.165) is 12.1 Å². The van der Waals surface area contributed by atoms with Gasteiger partial charge < -0.3 is 9.64 Å². The van der Waals surface area contributed by atoms with Gasteiger partial charge in [0.25, 0.3) is 0 Å². The van der Waals surface area contributed by atoms with Crippen LogP contribution in [0.2, 0.25) is 0 Å². The first kappa shape index (κ1) is 22.6. The molecule has 2 aromatic rings. The maximum absolute atomic E-state index is 13.5. The van der Waals surface area contributed by atoms with Crippen LogP contribution in [-0.2, 0) is 21.4 Å². The zero-order valence-corrected chi connectivity index (χ0v) is 19.6. The summed E-state index contributed by atoms with van der Waals surface area (Å²) < 4.78 is 35.4. The minimum absolute atomic E-state index is 0.0268. The van der Waals surface area contributed by atoms with Crippen LogP contribution in [0.1, 0.15) is 32.3 Å². The zero-order chi connectivity index (χ0) is 22.7. The first-order valence-corrected chi connectivity index (χ1v) is 12.7. The summed E-state index contributed by atoms with van der Waals surface area (Å²) in [5.41, 5.74) is 2.73. The molecule has 7 nitrogen and oxygen atoms in total. The van der Waals surface area contributed by atoms with Crippen molar-refractivity contribution < 1.29 is 17.9 Å². The molecule has 0 N–H and O–H groups in total. The summed E-state index contributed by atoms with van der Waals surface area (Å²) in [6.45, 7) is 5.90. The Labute approximate surface area is 190 Å². The van der Waals surface area contributed by atoms with Crippen molar-refractivity contribution in [2.75, 3.05) is 42.0 Å². The van der Waals surface area contributed by atoms with Crippen LogP contribution in [0.4, 0.5) is 11.4 Å². The topological polar surface area (TPSA) is 70.2 Å². The lowest BCUT2D eigenvalue weighted by Gasteiger charge is -2.36. The molecule has 2 aliphatic heterocycles. The van der Waals surface area contributed by atoms with Gasteiger partial charge >= 0.3 is 10.2 Å². The number of para-hydroxylation sites is 1. The fourth-order valence-electron chi connectivity index (χ4n) is 4.63. The van der Waals surface area contributed by atoms with E-state index in [4.69, 9.17) is 4.74 Å². The van der Waals surface area contributed by atoms with Gasteiger partial charge in [0, 0.05) is 31.9 Å². The second-order valence-electron chi connectivity index (χ2n) is 8.17. The Morgan fingerprint density at radius 1 is 1.09 bits per heavy atom. The van der Waals surface area contributed by atoms with E-state index < -0.39 is 10.2 Å². The van der Waals surface area contributed by atoms with Crippen molar-refractivity contribution in [3.8, 4) is 5.75 Å². The first-order chi connectivity index (χ1) is 15.5. The SMILES string of the molecule is CCOc1ccc(N(CC)S(=O)(=O)N2CCC[C@H](C(=O)N3CCc4ccccc43)C2)cc1. The summed E-state index contributed by atoms with van der Waals surface area (Å²) in [5.74, 6) is 0.405. The van der Waals surface area contributed by atoms with Crippen molar-refractivity contribution in [1.82, 2.24) is 4.31 Å². The molecule has 0 saturated carbocycles. The molecule has 0 aromatic heterocycles. The van der Waals surface area contributed by atoms with Crippen molar-refractivity contribution in [2.45, 2.75) is 33.1 Å². The minimum Gasteiger partial charge on any atom is -0.494 e. The molecule has 2 aliphatic rings. The van der Waals surface area contributed by atoms with E-state index in [1.54, 1.807) is 24.3 Å². The Bertz CT molecular complexity index is 1060. The van der Waals surface area contributed by atoms with Crippen LogP contribution in [-0.4, -0.2) is 51.4 Å². The van der Waals surface area contributed by atoms with Gasteiger partial charge in [0.2, 0.25) is 5.91 Å². The van der Waals surface area contributed by atoms with Crippen LogP contribution in [0.5, 0.6) is 5.75 Å². The molecule has 4 rings (SSSR count). The first-order valence-electron chi connectivity index (χ1n) is 11.4. The van der Waals surface area contributed by atoms with Gasteiger partial charge in [-0.25, -0.2) is 0 Å². The van der Waals surface area contributed by atoms with Crippen LogP contribution in [0.15, 0.2) is 48.5 Å². The summed E-state index contributed by atoms with van der Waals surface area (Å²) in [5, 5.41) is 0. The van der Waals surface area contributed by atoms with Crippen molar-refractivity contribution in [2.24, 2.45) is 5.92 Å². The van der Waals surface area contributed by atoms with Gasteiger partial charge in [0.05, 0.1) is 18.2 Å². The smallest absolute Gasteiger partial charge is 0.304 e. The number of amides is 1. The lowest BCUT2D eigenvalue weighted by molar-refractivity contribution is -0.123. The second kappa shape index (κ2) is 9.50. The van der Waals surface area contributed by atoms with Crippen molar-refractivity contribution >= 4 is 27.5 Å². The third-order valence-electron chi connectivity index (χ3n) is 6.21. The quantitative estimate of drug-likeness (QED) is 0.639. The molecule has 0 bridgehead atoms. The van der Waals surface area contributed by atoms with Gasteiger partial charge in [-0.1, -0.05) is 18.2 Å². The zero-order valence-electron chi connectivity index (χ0n) is 18.7. The number of anilines is 2. The molecule has 1 saturated heterocycles. The lowest BCUT2D eigenvalue weighted by atomic mass is 9.98. The number of benzene rings is 2. The molecule has 0 aliphatic carbocycles. The van der Waals surface area contributed by atoms with Gasteiger partial charge in [-0.2, -0.15) is 12.7 Å². The molecule has 2 heterocycles. The number of rotatable bonds is 7. The number of carbonyl (C=O) groups excluding carboxylic acids is 1. The highest BCUT2D eigenvalue weighted by atomic mass is 32.2. The average Bonchev–Trinajstić information content (AvgIpc) is 3.24. The number of hydrogen-bond acceptors (Lipinski definition) is 4. The predicted octanol–water partition coefficient (Wildman–Crippen LogP) is 3.46. The number of nitrogens with zero attached hydrogens (tertiary/aromatic N) is 3. The number of hydrogen-bond donors (Lipinski definition) is 0. The second-order valence-corrected chi connectivity index (χ2v) is 10.0. The highest BCUT2D eigenvalue weighted by Crippen LogP contribution is 2.32. The molecule has 1 fully saturated rings. The van der Waals surface area contributed by atoms with E-state index >= 15 is 0 Å². The largest absolute Gasteiger partial charge is 0.494 e. The van der Waals surface area contributed by atoms with Crippen LogP contribution < -0.4 is 13.9 Å². The normalized spacial score (nSPS) is 18.9. The van der Waals surface area contributed by atoms with Crippen molar-refractivity contribution in [3.05, 3.63) is 54.1 Å². The van der Waals surface area contributed by atoms with E-state index in [-0.39, 0.29) is 18.4 Å². The molecule has 1 amide bonds. The van der Waals surface area contributed by atoms with Gasteiger partial charge in [0.15, 0.2) is 0 Å². The van der Waals surface area contributed by atoms with E-state index in [1.165, 1.54) is 14.2 Å². The number of ether oxygens (including phenoxy) is 1. The van der Waals surface area contributed by atoms with E-state index in [1.807, 2.05) is 36.9 Å². The summed E-state index contributed by atoms with van der Waals surface area (Å²) in [7, 11) is -3.75. The van der Waals surface area contributed by atoms with E-state index in [2.05, 4.69) is 6.07 Å². The molecule has 32 heavy (non-hydrogen) atoms. The Morgan fingerprint density at radius 3 is 2.56 bits per heavy atom. The number of fused-ring (bicyclic) bond motifs is 1. The van der Waals surface area contributed by atoms with Gasteiger partial charge in [0.1, 0.15) is 5.75 Å². The standard InChI is InChI=1S/C24H31N3O4S/c1-3-27(21-11-13-22(14-12-21)31-4-2)32(29,30)25-16-7-9-20(18-25)24(28)26-17-15-19-8-5-6-10-23(19)26/h5-6,8,10-14,20H,3-4,7,9,15-18H2,1-2H3/t20-/m0/s1. The molecule has 0 unspecified atom stereocenters. The van der Waals surface area contributed by atoms with Crippen LogP contribution in [0.25, 0.3) is 0 Å². The molecule has 2 aromatic carbocycles. The molecular weight excluding hydrogens is 426 g/mol. The fourth-order valence-corrected chi connectivity index (χ4v) is 6.36. The van der Waals surface area contributed by atoms with Gasteiger partial charge in [-0.05, 0) is 69.0 Å². The maximum atomic E-state index is 13.5. The van der Waals surface area contributed by atoms with Crippen molar-refractivity contribution in [3.63, 3.8) is 0 Å². The summed E-state index contributed by atoms with van der Waals surface area (Å²) >= 11 is 0. The third-order valence-corrected chi connectivity index (χ3v) is 8.22. The summed E-state index contributed by atoms with van der Waals surface area (Å²) in [6, 6.07) is 15.0. The minimum atomic E-state index is -3.75. The molecule has 172 valence electrons. The molecule has 8 heteroatoms. The van der Waals surface area contributed by atoms with E-state index in [0.29, 0.717) is 50.5 Å². The lowest BCUT2D eigenvalue weighted by Crippen LogP contribution is -2.51. The Kier molecular flexibility index (Phi) is 6.71. The predicted molar refractivity (Wildman–Crippen MR) is 126 cm³/mol. The van der Waals surface area contributed by atoms with Crippen LogP contribution in [0.3, 0.4) is 0 Å². The Hall–Kier alpha value is -2.58. The highest BCUT2D eigenvalue weighted by molar-refractivity contribution is 7.90. The molecule has 0 radical (unpaired) electrons. The highest BCUT2D eigenvalue weighted by Gasteiger charge is 2.38. The average molecular weight is 458 g/mol. The van der Waals surface area contributed by atoms with Crippen LogP contribution in [0, 0.1) is 5.92 Å². The molecule has 0 spiro atoms. The summed E-state index contributed by atoms with van der Waals surface area (Å²) in [4.78, 5) is 15.2. The molecular formula is C24H31N3O4S. The van der Waals surface area contributed by atoms with E-state index in [9.17, 15) is 13.2 Å². The summed E-state index contributed by atoms with van der Waals surface area (Å²) in [6.07, 6.45) is 2.22. The molecule has 1 atom stereocenters. The van der Waals surface area contributed by atoms with Gasteiger partial charge in [-0.3, -0.25) is 9.10 Å². The fraction of sp³-hybridized carbons (Fsp3) is 0.458. The van der Waals surface area contributed by atoms with Crippen molar-refractivity contribution in [1.29, 1.82) is 0 Å². The Balaban J connectivity index is 1.50. The third kappa shape index (κ3) is 4.34. The Morgan fingerprint density at radius 2 is 1.84 bits per heavy atom. The number of carbonyl (C=O) groups is 1. The monoisotopic (exact) mass is 457 g/mol. The maximum Gasteiger partial charge on any atom is 0.304 e. The van der Waals surface area contributed by atoms with Crippen LogP contribution >= 0.6 is 0 Å². The number of piperidine rings is 1. The van der Waals surface area contributed by atoms with Gasteiger partial charge in [-0.15, -0.1) is 0 Å².